The molecule has 1 fully saturated rings. The molecule has 0 radical (unpaired) electrons. The molecule has 0 saturated carbocycles. The summed E-state index contributed by atoms with van der Waals surface area (Å²) in [5.74, 6) is 0.890. The number of benzene rings is 1. The summed E-state index contributed by atoms with van der Waals surface area (Å²) < 4.78 is 5.66. The normalized spacial score (nSPS) is 18.4. The number of amides is 1. The maximum atomic E-state index is 12.1. The molecule has 1 heterocycles. The SMILES string of the molecule is Cc1cc(C)cc(OCCC(=O)N2CCCC2CO)c1. The molecule has 4 nitrogen and oxygen atoms in total. The van der Waals surface area contributed by atoms with E-state index < -0.39 is 0 Å². The highest BCUT2D eigenvalue weighted by Crippen LogP contribution is 2.19. The Morgan fingerprint density at radius 2 is 2.05 bits per heavy atom. The van der Waals surface area contributed by atoms with Crippen molar-refractivity contribution in [1.29, 1.82) is 0 Å². The lowest BCUT2D eigenvalue weighted by atomic mass is 10.1. The molecule has 1 atom stereocenters. The van der Waals surface area contributed by atoms with Crippen molar-refractivity contribution in [2.75, 3.05) is 19.8 Å². The number of aliphatic hydroxyl groups excluding tert-OH is 1. The number of ether oxygens (including phenoxy) is 1. The van der Waals surface area contributed by atoms with Gasteiger partial charge in [0, 0.05) is 6.54 Å². The number of hydrogen-bond acceptors (Lipinski definition) is 3. The lowest BCUT2D eigenvalue weighted by molar-refractivity contribution is -0.133. The van der Waals surface area contributed by atoms with Crippen LogP contribution < -0.4 is 4.74 Å². The highest BCUT2D eigenvalue weighted by molar-refractivity contribution is 5.77. The second kappa shape index (κ2) is 6.75. The Hall–Kier alpha value is -1.55. The molecule has 1 aliphatic rings. The predicted octanol–water partition coefficient (Wildman–Crippen LogP) is 2.06. The number of aryl methyl sites for hydroxylation is 2. The predicted molar refractivity (Wildman–Crippen MR) is 77.8 cm³/mol. The van der Waals surface area contributed by atoms with Crippen LogP contribution in [0.15, 0.2) is 18.2 Å². The first-order chi connectivity index (χ1) is 9.60. The summed E-state index contributed by atoms with van der Waals surface area (Å²) in [6.45, 7) is 5.26. The number of rotatable bonds is 5. The van der Waals surface area contributed by atoms with Crippen LogP contribution >= 0.6 is 0 Å². The number of nitrogens with zero attached hydrogens (tertiary/aromatic N) is 1. The van der Waals surface area contributed by atoms with Crippen molar-refractivity contribution in [2.45, 2.75) is 39.2 Å². The minimum Gasteiger partial charge on any atom is -0.493 e. The zero-order valence-electron chi connectivity index (χ0n) is 12.3. The fourth-order valence-electron chi connectivity index (χ4n) is 2.77. The van der Waals surface area contributed by atoms with Crippen LogP contribution in [0.25, 0.3) is 0 Å². The van der Waals surface area contributed by atoms with E-state index in [1.165, 1.54) is 0 Å². The van der Waals surface area contributed by atoms with E-state index in [1.807, 2.05) is 26.0 Å². The minimum absolute atomic E-state index is 0.00344. The molecule has 20 heavy (non-hydrogen) atoms. The van der Waals surface area contributed by atoms with Crippen LogP contribution in [-0.4, -0.2) is 41.7 Å². The number of carbonyl (C=O) groups is 1. The maximum absolute atomic E-state index is 12.1. The fraction of sp³-hybridized carbons (Fsp3) is 0.562. The summed E-state index contributed by atoms with van der Waals surface area (Å²) in [4.78, 5) is 13.9. The molecule has 1 saturated heterocycles. The number of carbonyl (C=O) groups excluding carboxylic acids is 1. The van der Waals surface area contributed by atoms with Crippen molar-refractivity contribution < 1.29 is 14.6 Å². The molecule has 0 aliphatic carbocycles. The molecule has 0 bridgehead atoms. The van der Waals surface area contributed by atoms with E-state index >= 15 is 0 Å². The molecule has 1 aromatic rings. The van der Waals surface area contributed by atoms with Crippen LogP contribution in [0.2, 0.25) is 0 Å². The fourth-order valence-corrected chi connectivity index (χ4v) is 2.77. The minimum atomic E-state index is 0.00344. The first kappa shape index (κ1) is 14.9. The summed E-state index contributed by atoms with van der Waals surface area (Å²) in [6.07, 6.45) is 2.25. The van der Waals surface area contributed by atoms with Gasteiger partial charge in [0.25, 0.3) is 0 Å². The molecule has 1 unspecified atom stereocenters. The Kier molecular flexibility index (Phi) is 5.01. The van der Waals surface area contributed by atoms with Crippen molar-refractivity contribution in [2.24, 2.45) is 0 Å². The third-order valence-electron chi connectivity index (χ3n) is 3.69. The van der Waals surface area contributed by atoms with Gasteiger partial charge >= 0.3 is 0 Å². The molecule has 4 heteroatoms. The van der Waals surface area contributed by atoms with E-state index in [0.717, 1.165) is 36.3 Å². The Balaban J connectivity index is 1.82. The van der Waals surface area contributed by atoms with Crippen molar-refractivity contribution in [3.8, 4) is 5.75 Å². The van der Waals surface area contributed by atoms with E-state index in [4.69, 9.17) is 4.74 Å². The number of hydrogen-bond donors (Lipinski definition) is 1. The average Bonchev–Trinajstić information content (AvgIpc) is 2.85. The third kappa shape index (κ3) is 3.73. The quantitative estimate of drug-likeness (QED) is 0.896. The second-order valence-corrected chi connectivity index (χ2v) is 5.49. The molecule has 1 aliphatic heterocycles. The van der Waals surface area contributed by atoms with Crippen LogP contribution in [0.5, 0.6) is 5.75 Å². The van der Waals surface area contributed by atoms with Gasteiger partial charge in [-0.15, -0.1) is 0 Å². The molecule has 0 aromatic heterocycles. The standard InChI is InChI=1S/C16H23NO3/c1-12-8-13(2)10-15(9-12)20-7-5-16(19)17-6-3-4-14(17)11-18/h8-10,14,18H,3-7,11H2,1-2H3. The van der Waals surface area contributed by atoms with Gasteiger partial charge in [-0.3, -0.25) is 4.79 Å². The van der Waals surface area contributed by atoms with Crippen LogP contribution in [0.1, 0.15) is 30.4 Å². The monoisotopic (exact) mass is 277 g/mol. The van der Waals surface area contributed by atoms with Gasteiger partial charge < -0.3 is 14.7 Å². The number of likely N-dealkylation sites (tertiary alicyclic amines) is 1. The van der Waals surface area contributed by atoms with Gasteiger partial charge in [0.2, 0.25) is 5.91 Å². The Labute approximate surface area is 120 Å². The van der Waals surface area contributed by atoms with E-state index in [9.17, 15) is 9.90 Å². The molecule has 1 N–H and O–H groups in total. The largest absolute Gasteiger partial charge is 0.493 e. The van der Waals surface area contributed by atoms with Gasteiger partial charge in [-0.25, -0.2) is 0 Å². The van der Waals surface area contributed by atoms with Crippen molar-refractivity contribution in [3.63, 3.8) is 0 Å². The second-order valence-electron chi connectivity index (χ2n) is 5.49. The van der Waals surface area contributed by atoms with E-state index in [0.29, 0.717) is 13.0 Å². The van der Waals surface area contributed by atoms with Crippen molar-refractivity contribution >= 4 is 5.91 Å². The summed E-state index contributed by atoms with van der Waals surface area (Å²) >= 11 is 0. The molecule has 2 rings (SSSR count). The first-order valence-electron chi connectivity index (χ1n) is 7.21. The summed E-state index contributed by atoms with van der Waals surface area (Å²) in [5.41, 5.74) is 2.32. The lowest BCUT2D eigenvalue weighted by Gasteiger charge is -2.23. The molecule has 110 valence electrons. The van der Waals surface area contributed by atoms with Gasteiger partial charge in [-0.2, -0.15) is 0 Å². The van der Waals surface area contributed by atoms with Crippen molar-refractivity contribution in [3.05, 3.63) is 29.3 Å². The van der Waals surface area contributed by atoms with Crippen LogP contribution in [0, 0.1) is 13.8 Å². The Morgan fingerprint density at radius 1 is 1.35 bits per heavy atom. The molecular formula is C16H23NO3. The first-order valence-corrected chi connectivity index (χ1v) is 7.21. The van der Waals surface area contributed by atoms with Gasteiger partial charge in [0.1, 0.15) is 5.75 Å². The zero-order chi connectivity index (χ0) is 14.5. The van der Waals surface area contributed by atoms with E-state index in [2.05, 4.69) is 6.07 Å². The Bertz CT molecular complexity index is 453. The number of aliphatic hydroxyl groups is 1. The summed E-state index contributed by atoms with van der Waals surface area (Å²) in [6, 6.07) is 6.05. The van der Waals surface area contributed by atoms with Crippen LogP contribution in [0.4, 0.5) is 0 Å². The average molecular weight is 277 g/mol. The third-order valence-corrected chi connectivity index (χ3v) is 3.69. The van der Waals surface area contributed by atoms with Gasteiger partial charge in [-0.1, -0.05) is 6.07 Å². The molecule has 0 spiro atoms. The van der Waals surface area contributed by atoms with Gasteiger partial charge in [0.05, 0.1) is 25.7 Å². The topological polar surface area (TPSA) is 49.8 Å². The molecule has 1 aromatic carbocycles. The molecule has 1 amide bonds. The summed E-state index contributed by atoms with van der Waals surface area (Å²) in [5, 5.41) is 9.22. The van der Waals surface area contributed by atoms with E-state index in [-0.39, 0.29) is 18.6 Å². The lowest BCUT2D eigenvalue weighted by Crippen LogP contribution is -2.38. The smallest absolute Gasteiger partial charge is 0.226 e. The van der Waals surface area contributed by atoms with E-state index in [1.54, 1.807) is 4.90 Å². The zero-order valence-corrected chi connectivity index (χ0v) is 12.3. The maximum Gasteiger partial charge on any atom is 0.226 e. The molecular weight excluding hydrogens is 254 g/mol. The highest BCUT2D eigenvalue weighted by atomic mass is 16.5. The Morgan fingerprint density at radius 3 is 2.70 bits per heavy atom. The van der Waals surface area contributed by atoms with Crippen LogP contribution in [0.3, 0.4) is 0 Å². The van der Waals surface area contributed by atoms with Gasteiger partial charge in [-0.05, 0) is 49.9 Å². The van der Waals surface area contributed by atoms with Crippen molar-refractivity contribution in [1.82, 2.24) is 4.90 Å². The highest BCUT2D eigenvalue weighted by Gasteiger charge is 2.27. The summed E-state index contributed by atoms with van der Waals surface area (Å²) in [7, 11) is 0. The van der Waals surface area contributed by atoms with Crippen LogP contribution in [-0.2, 0) is 4.79 Å². The van der Waals surface area contributed by atoms with Gasteiger partial charge in [0.15, 0.2) is 0 Å².